The highest BCUT2D eigenvalue weighted by atomic mass is 16.5. The highest BCUT2D eigenvalue weighted by molar-refractivity contribution is 5.82. The van der Waals surface area contributed by atoms with Gasteiger partial charge in [0.1, 0.15) is 5.75 Å². The average molecular weight is 296 g/mol. The van der Waals surface area contributed by atoms with E-state index in [0.29, 0.717) is 0 Å². The number of amides is 1. The van der Waals surface area contributed by atoms with E-state index in [9.17, 15) is 4.79 Å². The van der Waals surface area contributed by atoms with E-state index in [2.05, 4.69) is 10.5 Å². The van der Waals surface area contributed by atoms with E-state index in [1.807, 2.05) is 63.2 Å². The molecule has 1 amide bonds. The van der Waals surface area contributed by atoms with Crippen LogP contribution in [0.25, 0.3) is 0 Å². The lowest BCUT2D eigenvalue weighted by molar-refractivity contribution is -0.123. The van der Waals surface area contributed by atoms with Crippen LogP contribution >= 0.6 is 0 Å². The summed E-state index contributed by atoms with van der Waals surface area (Å²) in [5, 5.41) is 3.92. The number of aryl methyl sites for hydroxylation is 2. The molecule has 0 aliphatic heterocycles. The van der Waals surface area contributed by atoms with Gasteiger partial charge in [0.25, 0.3) is 5.91 Å². The van der Waals surface area contributed by atoms with Crippen molar-refractivity contribution in [2.75, 3.05) is 6.61 Å². The molecule has 0 aliphatic rings. The van der Waals surface area contributed by atoms with Crippen LogP contribution in [0.15, 0.2) is 47.6 Å². The SMILES string of the molecule is Cc1ccc(/C=N\NC(=O)COc2cccc(C)c2C)cc1. The fourth-order valence-corrected chi connectivity index (χ4v) is 1.89. The predicted molar refractivity (Wildman–Crippen MR) is 88.3 cm³/mol. The van der Waals surface area contributed by atoms with E-state index in [-0.39, 0.29) is 12.5 Å². The minimum Gasteiger partial charge on any atom is -0.483 e. The Morgan fingerprint density at radius 2 is 1.86 bits per heavy atom. The minimum absolute atomic E-state index is 0.0600. The lowest BCUT2D eigenvalue weighted by Crippen LogP contribution is -2.24. The normalized spacial score (nSPS) is 10.7. The first-order valence-electron chi connectivity index (χ1n) is 7.14. The summed E-state index contributed by atoms with van der Waals surface area (Å²) in [5.74, 6) is 0.432. The van der Waals surface area contributed by atoms with Crippen molar-refractivity contribution >= 4 is 12.1 Å². The van der Waals surface area contributed by atoms with Crippen LogP contribution in [0.1, 0.15) is 22.3 Å². The van der Waals surface area contributed by atoms with Crippen molar-refractivity contribution in [3.8, 4) is 5.75 Å². The number of hydrogen-bond acceptors (Lipinski definition) is 3. The van der Waals surface area contributed by atoms with Crippen LogP contribution in [0, 0.1) is 20.8 Å². The highest BCUT2D eigenvalue weighted by Gasteiger charge is 2.05. The largest absolute Gasteiger partial charge is 0.483 e. The summed E-state index contributed by atoms with van der Waals surface area (Å²) in [6.07, 6.45) is 1.61. The number of hydrogen-bond donors (Lipinski definition) is 1. The standard InChI is InChI=1S/C18H20N2O2/c1-13-7-9-16(10-8-13)11-19-20-18(21)12-22-17-6-4-5-14(2)15(17)3/h4-11H,12H2,1-3H3,(H,20,21)/b19-11-. The van der Waals surface area contributed by atoms with Crippen molar-refractivity contribution in [3.63, 3.8) is 0 Å². The van der Waals surface area contributed by atoms with Crippen LogP contribution in [0.5, 0.6) is 5.75 Å². The molecule has 0 unspecified atom stereocenters. The maximum Gasteiger partial charge on any atom is 0.277 e. The number of benzene rings is 2. The van der Waals surface area contributed by atoms with Gasteiger partial charge in [0.15, 0.2) is 6.61 Å². The van der Waals surface area contributed by atoms with E-state index in [0.717, 1.165) is 22.4 Å². The summed E-state index contributed by atoms with van der Waals surface area (Å²) in [6, 6.07) is 13.6. The fourth-order valence-electron chi connectivity index (χ4n) is 1.89. The lowest BCUT2D eigenvalue weighted by atomic mass is 10.1. The molecular formula is C18H20N2O2. The van der Waals surface area contributed by atoms with Crippen LogP contribution in [0.3, 0.4) is 0 Å². The number of nitrogens with zero attached hydrogens (tertiary/aromatic N) is 1. The van der Waals surface area contributed by atoms with Crippen molar-refractivity contribution in [1.82, 2.24) is 5.43 Å². The summed E-state index contributed by atoms with van der Waals surface area (Å²) >= 11 is 0. The van der Waals surface area contributed by atoms with Crippen molar-refractivity contribution < 1.29 is 9.53 Å². The van der Waals surface area contributed by atoms with Gasteiger partial charge in [-0.3, -0.25) is 4.79 Å². The van der Waals surface area contributed by atoms with E-state index >= 15 is 0 Å². The molecule has 4 nitrogen and oxygen atoms in total. The maximum absolute atomic E-state index is 11.7. The Morgan fingerprint density at radius 1 is 1.14 bits per heavy atom. The Hall–Kier alpha value is -2.62. The lowest BCUT2D eigenvalue weighted by Gasteiger charge is -2.09. The van der Waals surface area contributed by atoms with E-state index in [1.165, 1.54) is 5.56 Å². The second-order valence-electron chi connectivity index (χ2n) is 5.19. The molecule has 0 atom stereocenters. The number of ether oxygens (including phenoxy) is 1. The molecule has 0 heterocycles. The molecule has 0 radical (unpaired) electrons. The summed E-state index contributed by atoms with van der Waals surface area (Å²) in [7, 11) is 0. The Morgan fingerprint density at radius 3 is 2.59 bits per heavy atom. The van der Waals surface area contributed by atoms with Crippen molar-refractivity contribution in [2.24, 2.45) is 5.10 Å². The Bertz CT molecular complexity index is 676. The van der Waals surface area contributed by atoms with Gasteiger partial charge in [-0.05, 0) is 43.5 Å². The topological polar surface area (TPSA) is 50.7 Å². The zero-order valence-electron chi connectivity index (χ0n) is 13.1. The maximum atomic E-state index is 11.7. The Kier molecular flexibility index (Phi) is 5.31. The van der Waals surface area contributed by atoms with Crippen molar-refractivity contribution in [2.45, 2.75) is 20.8 Å². The fraction of sp³-hybridized carbons (Fsp3) is 0.222. The highest BCUT2D eigenvalue weighted by Crippen LogP contribution is 2.20. The third-order valence-corrected chi connectivity index (χ3v) is 3.39. The molecule has 0 saturated heterocycles. The third-order valence-electron chi connectivity index (χ3n) is 3.39. The molecular weight excluding hydrogens is 276 g/mol. The van der Waals surface area contributed by atoms with Crippen molar-refractivity contribution in [1.29, 1.82) is 0 Å². The molecule has 0 aromatic heterocycles. The molecule has 2 aromatic carbocycles. The van der Waals surface area contributed by atoms with Crippen molar-refractivity contribution in [3.05, 3.63) is 64.7 Å². The van der Waals surface area contributed by atoms with E-state index in [1.54, 1.807) is 6.21 Å². The molecule has 4 heteroatoms. The molecule has 0 spiro atoms. The zero-order valence-corrected chi connectivity index (χ0v) is 13.1. The van der Waals surface area contributed by atoms with Gasteiger partial charge in [-0.1, -0.05) is 42.0 Å². The molecule has 2 rings (SSSR count). The zero-order chi connectivity index (χ0) is 15.9. The number of hydrazone groups is 1. The van der Waals surface area contributed by atoms with Gasteiger partial charge in [0.2, 0.25) is 0 Å². The van der Waals surface area contributed by atoms with Crippen LogP contribution < -0.4 is 10.2 Å². The molecule has 0 bridgehead atoms. The monoisotopic (exact) mass is 296 g/mol. The Labute approximate surface area is 130 Å². The minimum atomic E-state index is -0.288. The molecule has 0 aliphatic carbocycles. The number of carbonyl (C=O) groups excluding carboxylic acids is 1. The molecule has 22 heavy (non-hydrogen) atoms. The molecule has 1 N–H and O–H groups in total. The van der Waals surface area contributed by atoms with Gasteiger partial charge in [0, 0.05) is 0 Å². The van der Waals surface area contributed by atoms with Crippen LogP contribution in [-0.4, -0.2) is 18.7 Å². The first-order valence-corrected chi connectivity index (χ1v) is 7.14. The summed E-state index contributed by atoms with van der Waals surface area (Å²) in [5.41, 5.74) is 6.75. The Balaban J connectivity index is 1.83. The predicted octanol–water partition coefficient (Wildman–Crippen LogP) is 3.14. The molecule has 2 aromatic rings. The number of nitrogens with one attached hydrogen (secondary N) is 1. The first-order chi connectivity index (χ1) is 10.6. The molecule has 0 saturated carbocycles. The smallest absolute Gasteiger partial charge is 0.277 e. The van der Waals surface area contributed by atoms with E-state index < -0.39 is 0 Å². The van der Waals surface area contributed by atoms with Gasteiger partial charge < -0.3 is 4.74 Å². The van der Waals surface area contributed by atoms with Crippen LogP contribution in [0.4, 0.5) is 0 Å². The quantitative estimate of drug-likeness (QED) is 0.680. The van der Waals surface area contributed by atoms with Gasteiger partial charge in [-0.2, -0.15) is 5.10 Å². The van der Waals surface area contributed by atoms with Gasteiger partial charge >= 0.3 is 0 Å². The molecule has 114 valence electrons. The van der Waals surface area contributed by atoms with Crippen LogP contribution in [0.2, 0.25) is 0 Å². The second-order valence-corrected chi connectivity index (χ2v) is 5.19. The average Bonchev–Trinajstić information content (AvgIpc) is 2.51. The third kappa shape index (κ3) is 4.45. The summed E-state index contributed by atoms with van der Waals surface area (Å²) < 4.78 is 5.51. The van der Waals surface area contributed by atoms with Crippen LogP contribution in [-0.2, 0) is 4.79 Å². The molecule has 0 fully saturated rings. The van der Waals surface area contributed by atoms with Gasteiger partial charge in [0.05, 0.1) is 6.21 Å². The van der Waals surface area contributed by atoms with Gasteiger partial charge in [-0.25, -0.2) is 5.43 Å². The van der Waals surface area contributed by atoms with E-state index in [4.69, 9.17) is 4.74 Å². The number of rotatable bonds is 5. The first kappa shape index (κ1) is 15.8. The second kappa shape index (κ2) is 7.41. The summed E-state index contributed by atoms with van der Waals surface area (Å²) in [6.45, 7) is 5.94. The van der Waals surface area contributed by atoms with Gasteiger partial charge in [-0.15, -0.1) is 0 Å². The number of carbonyl (C=O) groups is 1. The summed E-state index contributed by atoms with van der Waals surface area (Å²) in [4.78, 5) is 11.7.